The zero-order valence-electron chi connectivity index (χ0n) is 13.5. The lowest BCUT2D eigenvalue weighted by atomic mass is 10.2. The monoisotopic (exact) mass is 307 g/mol. The summed E-state index contributed by atoms with van der Waals surface area (Å²) >= 11 is 0. The number of hydrogen-bond donors (Lipinski definition) is 2. The molecular weight excluding hydrogens is 282 g/mol. The number of nitrogens with zero attached hydrogens (tertiary/aromatic N) is 3. The molecule has 1 atom stereocenters. The molecule has 0 aromatic carbocycles. The van der Waals surface area contributed by atoms with Crippen LogP contribution in [0.5, 0.6) is 0 Å². The van der Waals surface area contributed by atoms with Crippen LogP contribution < -0.4 is 16.6 Å². The van der Waals surface area contributed by atoms with Gasteiger partial charge in [0.25, 0.3) is 5.56 Å². The molecule has 0 bridgehead atoms. The van der Waals surface area contributed by atoms with E-state index < -0.39 is 0 Å². The molecule has 0 spiro atoms. The molecule has 122 valence electrons. The Morgan fingerprint density at radius 1 is 1.50 bits per heavy atom. The first kappa shape index (κ1) is 16.5. The van der Waals surface area contributed by atoms with Gasteiger partial charge in [0.1, 0.15) is 5.69 Å². The molecule has 2 heterocycles. The lowest BCUT2D eigenvalue weighted by molar-refractivity contribution is 0.0167. The third-order valence-electron chi connectivity index (χ3n) is 3.86. The molecule has 7 nitrogen and oxygen atoms in total. The summed E-state index contributed by atoms with van der Waals surface area (Å²) in [5.74, 6) is 0.232. The molecule has 1 unspecified atom stereocenters. The highest BCUT2D eigenvalue weighted by Gasteiger charge is 2.18. The van der Waals surface area contributed by atoms with Crippen LogP contribution in [-0.4, -0.2) is 54.8 Å². The minimum Gasteiger partial charge on any atom is -0.379 e. The fourth-order valence-corrected chi connectivity index (χ4v) is 2.62. The van der Waals surface area contributed by atoms with E-state index in [2.05, 4.69) is 22.1 Å². The zero-order valence-corrected chi connectivity index (χ0v) is 13.5. The molecule has 1 saturated heterocycles. The highest BCUT2D eigenvalue weighted by Crippen LogP contribution is 2.08. The minimum atomic E-state index is -0.0858. The van der Waals surface area contributed by atoms with E-state index >= 15 is 0 Å². The number of aromatic nitrogens is 1. The molecule has 1 aromatic heterocycles. The first-order valence-electron chi connectivity index (χ1n) is 7.53. The first-order chi connectivity index (χ1) is 10.5. The molecule has 0 radical (unpaired) electrons. The van der Waals surface area contributed by atoms with E-state index in [1.807, 2.05) is 13.1 Å². The number of aliphatic imine (C=N–C) groups is 1. The first-order valence-corrected chi connectivity index (χ1v) is 7.53. The largest absolute Gasteiger partial charge is 0.379 e. The normalized spacial score (nSPS) is 18.2. The summed E-state index contributed by atoms with van der Waals surface area (Å²) in [6, 6.07) is 2.06. The molecule has 0 aliphatic carbocycles. The summed E-state index contributed by atoms with van der Waals surface area (Å²) in [5.41, 5.74) is 7.03. The van der Waals surface area contributed by atoms with Crippen molar-refractivity contribution in [2.75, 3.05) is 38.7 Å². The quantitative estimate of drug-likeness (QED) is 0.614. The van der Waals surface area contributed by atoms with Gasteiger partial charge in [0.15, 0.2) is 5.96 Å². The van der Waals surface area contributed by atoms with Gasteiger partial charge in [0.2, 0.25) is 0 Å². The van der Waals surface area contributed by atoms with E-state index in [1.165, 1.54) is 0 Å². The number of aryl methyl sites for hydroxylation is 1. The summed E-state index contributed by atoms with van der Waals surface area (Å²) in [4.78, 5) is 18.7. The van der Waals surface area contributed by atoms with Crippen LogP contribution in [-0.2, 0) is 11.3 Å². The number of guanidine groups is 1. The van der Waals surface area contributed by atoms with Gasteiger partial charge in [-0.15, -0.1) is 0 Å². The number of hydrogen-bond acceptors (Lipinski definition) is 4. The second-order valence-corrected chi connectivity index (χ2v) is 5.62. The SMILES string of the molecule is CN=C(N)Nc1cc(C)cn(CC(C)N2CCOCC2)c1=O. The van der Waals surface area contributed by atoms with Gasteiger partial charge in [-0.1, -0.05) is 0 Å². The van der Waals surface area contributed by atoms with Crippen molar-refractivity contribution in [3.05, 3.63) is 28.2 Å². The van der Waals surface area contributed by atoms with Gasteiger partial charge in [-0.05, 0) is 25.5 Å². The highest BCUT2D eigenvalue weighted by atomic mass is 16.5. The zero-order chi connectivity index (χ0) is 16.1. The Kier molecular flexibility index (Phi) is 5.57. The maximum Gasteiger partial charge on any atom is 0.274 e. The fraction of sp³-hybridized carbons (Fsp3) is 0.600. The summed E-state index contributed by atoms with van der Waals surface area (Å²) < 4.78 is 7.11. The molecule has 0 amide bonds. The lowest BCUT2D eigenvalue weighted by Crippen LogP contribution is -2.45. The summed E-state index contributed by atoms with van der Waals surface area (Å²) in [6.45, 7) is 8.05. The standard InChI is InChI=1S/C15H25N5O2/c1-11-8-13(18-15(16)17-3)14(21)20(9-11)10-12(2)19-4-6-22-7-5-19/h8-9,12H,4-7,10H2,1-3H3,(H3,16,17,18). The molecule has 7 heteroatoms. The van der Waals surface area contributed by atoms with E-state index in [4.69, 9.17) is 10.5 Å². The average Bonchev–Trinajstić information content (AvgIpc) is 2.52. The van der Waals surface area contributed by atoms with Crippen molar-refractivity contribution < 1.29 is 4.74 Å². The minimum absolute atomic E-state index is 0.0858. The smallest absolute Gasteiger partial charge is 0.274 e. The maximum atomic E-state index is 12.5. The highest BCUT2D eigenvalue weighted by molar-refractivity contribution is 5.91. The number of anilines is 1. The fourth-order valence-electron chi connectivity index (χ4n) is 2.62. The predicted molar refractivity (Wildman–Crippen MR) is 88.5 cm³/mol. The van der Waals surface area contributed by atoms with Crippen molar-refractivity contribution in [2.45, 2.75) is 26.4 Å². The summed E-state index contributed by atoms with van der Waals surface area (Å²) in [6.07, 6.45) is 1.88. The summed E-state index contributed by atoms with van der Waals surface area (Å²) in [7, 11) is 1.58. The Balaban J connectivity index is 2.17. The van der Waals surface area contributed by atoms with Gasteiger partial charge >= 0.3 is 0 Å². The van der Waals surface area contributed by atoms with Crippen LogP contribution in [0.2, 0.25) is 0 Å². The van der Waals surface area contributed by atoms with Crippen LogP contribution in [0.25, 0.3) is 0 Å². The number of ether oxygens (including phenoxy) is 1. The van der Waals surface area contributed by atoms with Gasteiger partial charge in [-0.2, -0.15) is 0 Å². The third kappa shape index (κ3) is 4.08. The van der Waals surface area contributed by atoms with Crippen LogP contribution in [0, 0.1) is 6.92 Å². The van der Waals surface area contributed by atoms with Crippen molar-refractivity contribution in [1.82, 2.24) is 9.47 Å². The van der Waals surface area contributed by atoms with Crippen molar-refractivity contribution in [2.24, 2.45) is 10.7 Å². The second kappa shape index (κ2) is 7.42. The van der Waals surface area contributed by atoms with Crippen molar-refractivity contribution in [3.8, 4) is 0 Å². The van der Waals surface area contributed by atoms with Crippen LogP contribution in [0.15, 0.2) is 22.1 Å². The topological polar surface area (TPSA) is 84.9 Å². The summed E-state index contributed by atoms with van der Waals surface area (Å²) in [5, 5.41) is 2.85. The maximum absolute atomic E-state index is 12.5. The van der Waals surface area contributed by atoms with Crippen molar-refractivity contribution in [1.29, 1.82) is 0 Å². The number of rotatable bonds is 4. The predicted octanol–water partition coefficient (Wildman–Crippen LogP) is 0.234. The van der Waals surface area contributed by atoms with E-state index in [1.54, 1.807) is 17.7 Å². The Labute approximate surface area is 130 Å². The lowest BCUT2D eigenvalue weighted by Gasteiger charge is -2.32. The molecule has 1 aromatic rings. The molecule has 2 rings (SSSR count). The van der Waals surface area contributed by atoms with Gasteiger partial charge in [-0.3, -0.25) is 14.7 Å². The third-order valence-corrected chi connectivity index (χ3v) is 3.86. The number of pyridine rings is 1. The molecule has 3 N–H and O–H groups in total. The van der Waals surface area contributed by atoms with Crippen LogP contribution in [0.1, 0.15) is 12.5 Å². The van der Waals surface area contributed by atoms with Crippen LogP contribution in [0.3, 0.4) is 0 Å². The van der Waals surface area contributed by atoms with Gasteiger partial charge in [0, 0.05) is 38.9 Å². The van der Waals surface area contributed by atoms with Gasteiger partial charge < -0.3 is 20.4 Å². The average molecular weight is 307 g/mol. The Morgan fingerprint density at radius 3 is 2.82 bits per heavy atom. The number of nitrogens with two attached hydrogens (primary N) is 1. The molecule has 1 aliphatic heterocycles. The van der Waals surface area contributed by atoms with Gasteiger partial charge in [-0.25, -0.2) is 0 Å². The van der Waals surface area contributed by atoms with E-state index in [0.717, 1.165) is 31.9 Å². The van der Waals surface area contributed by atoms with Crippen LogP contribution in [0.4, 0.5) is 5.69 Å². The molecule has 22 heavy (non-hydrogen) atoms. The van der Waals surface area contributed by atoms with E-state index in [9.17, 15) is 4.79 Å². The van der Waals surface area contributed by atoms with Gasteiger partial charge in [0.05, 0.1) is 13.2 Å². The van der Waals surface area contributed by atoms with Crippen molar-refractivity contribution >= 4 is 11.6 Å². The molecule has 1 fully saturated rings. The van der Waals surface area contributed by atoms with E-state index in [0.29, 0.717) is 12.2 Å². The molecular formula is C15H25N5O2. The number of nitrogens with one attached hydrogen (secondary N) is 1. The second-order valence-electron chi connectivity index (χ2n) is 5.62. The Hall–Kier alpha value is -1.86. The number of morpholine rings is 1. The molecule has 1 aliphatic rings. The van der Waals surface area contributed by atoms with Crippen LogP contribution >= 0.6 is 0 Å². The molecule has 0 saturated carbocycles. The Morgan fingerprint density at radius 2 is 2.18 bits per heavy atom. The van der Waals surface area contributed by atoms with Crippen molar-refractivity contribution in [3.63, 3.8) is 0 Å². The Bertz CT molecular complexity index is 590. The van der Waals surface area contributed by atoms with E-state index in [-0.39, 0.29) is 17.6 Å².